The fourth-order valence-corrected chi connectivity index (χ4v) is 1.81. The van der Waals surface area contributed by atoms with E-state index in [2.05, 4.69) is 27.2 Å². The van der Waals surface area contributed by atoms with Gasteiger partial charge in [-0.1, -0.05) is 13.3 Å². The van der Waals surface area contributed by atoms with Crippen LogP contribution in [-0.2, 0) is 0 Å². The van der Waals surface area contributed by atoms with E-state index in [1.165, 1.54) is 17.8 Å². The van der Waals surface area contributed by atoms with E-state index in [0.29, 0.717) is 17.0 Å². The molecule has 0 atom stereocenters. The normalized spacial score (nSPS) is 10.8. The summed E-state index contributed by atoms with van der Waals surface area (Å²) in [6.07, 6.45) is 3.52. The van der Waals surface area contributed by atoms with Crippen LogP contribution in [0.25, 0.3) is 11.2 Å². The molecular formula is C11H14ClN5O. The topological polar surface area (TPSA) is 72.7 Å². The van der Waals surface area contributed by atoms with Gasteiger partial charge in [0.05, 0.1) is 0 Å². The van der Waals surface area contributed by atoms with Gasteiger partial charge in [-0.15, -0.1) is 0 Å². The van der Waals surface area contributed by atoms with Crippen molar-refractivity contribution in [3.8, 4) is 0 Å². The summed E-state index contributed by atoms with van der Waals surface area (Å²) in [6.45, 7) is 4.33. The molecule has 1 N–H and O–H groups in total. The smallest absolute Gasteiger partial charge is 0.229 e. The molecule has 0 bridgehead atoms. The minimum absolute atomic E-state index is 0.121. The number of aromatic nitrogens is 4. The lowest BCUT2D eigenvalue weighted by Crippen LogP contribution is -2.09. The number of hydrogen-bond donors (Lipinski definition) is 1. The van der Waals surface area contributed by atoms with Crippen LogP contribution in [0.5, 0.6) is 0 Å². The molecule has 0 aliphatic heterocycles. The summed E-state index contributed by atoms with van der Waals surface area (Å²) in [5.41, 5.74) is 0.993. The molecule has 0 unspecified atom stereocenters. The highest BCUT2D eigenvalue weighted by atomic mass is 35.5. The quantitative estimate of drug-likeness (QED) is 0.680. The number of nitrogens with zero attached hydrogens (tertiary/aromatic N) is 4. The highest BCUT2D eigenvalue weighted by Gasteiger charge is 2.14. The Balaban J connectivity index is 2.47. The fourth-order valence-electron chi connectivity index (χ4n) is 1.64. The number of anilines is 1. The van der Waals surface area contributed by atoms with Gasteiger partial charge in [0.25, 0.3) is 0 Å². The number of nitrogens with one attached hydrogen (secondary N) is 1. The minimum atomic E-state index is -0.137. The van der Waals surface area contributed by atoms with Gasteiger partial charge in [-0.3, -0.25) is 9.36 Å². The summed E-state index contributed by atoms with van der Waals surface area (Å²) in [5.74, 6) is 0.410. The number of carbonyl (C=O) groups is 1. The van der Waals surface area contributed by atoms with Crippen LogP contribution in [-0.4, -0.2) is 32.0 Å². The molecule has 96 valence electrons. The number of imidazole rings is 1. The van der Waals surface area contributed by atoms with Gasteiger partial charge < -0.3 is 5.32 Å². The molecule has 0 spiro atoms. The van der Waals surface area contributed by atoms with Crippen LogP contribution >= 0.6 is 11.6 Å². The number of halogens is 1. The molecule has 2 rings (SSSR count). The van der Waals surface area contributed by atoms with Crippen molar-refractivity contribution in [2.75, 3.05) is 11.9 Å². The number of fused-ring (bicyclic) bond motifs is 1. The van der Waals surface area contributed by atoms with Crippen molar-refractivity contribution in [2.24, 2.45) is 0 Å². The zero-order valence-electron chi connectivity index (χ0n) is 10.3. The average molecular weight is 268 g/mol. The first-order valence-corrected chi connectivity index (χ1v) is 6.16. The van der Waals surface area contributed by atoms with Gasteiger partial charge in [-0.2, -0.15) is 9.97 Å². The Hall–Kier alpha value is -1.69. The molecule has 2 aromatic rings. The van der Waals surface area contributed by atoms with Crippen molar-refractivity contribution < 1.29 is 4.79 Å². The van der Waals surface area contributed by atoms with E-state index >= 15 is 0 Å². The predicted octanol–water partition coefficient (Wildman–Crippen LogP) is 2.35. The zero-order chi connectivity index (χ0) is 13.1. The summed E-state index contributed by atoms with van der Waals surface area (Å²) in [5, 5.41) is 3.28. The van der Waals surface area contributed by atoms with Crippen LogP contribution in [0.1, 0.15) is 31.5 Å². The van der Waals surface area contributed by atoms with Crippen molar-refractivity contribution >= 4 is 34.5 Å². The van der Waals surface area contributed by atoms with Gasteiger partial charge in [0, 0.05) is 13.5 Å². The lowest BCUT2D eigenvalue weighted by molar-refractivity contribution is 0.0941. The van der Waals surface area contributed by atoms with Crippen molar-refractivity contribution in [1.29, 1.82) is 0 Å². The standard InChI is InChI=1S/C11H14ClN5O/c1-3-4-5-13-9-8-10(16-11(12)15-9)14-6-17(8)7(2)18/h6H,3-5H2,1-2H3,(H,13,15,16). The fraction of sp³-hybridized carbons (Fsp3) is 0.455. The Morgan fingerprint density at radius 3 is 2.94 bits per heavy atom. The van der Waals surface area contributed by atoms with E-state index in [-0.39, 0.29) is 11.2 Å². The van der Waals surface area contributed by atoms with Crippen LogP contribution in [0.2, 0.25) is 5.28 Å². The lowest BCUT2D eigenvalue weighted by Gasteiger charge is -2.07. The summed E-state index contributed by atoms with van der Waals surface area (Å²) < 4.78 is 1.42. The van der Waals surface area contributed by atoms with Crippen LogP contribution < -0.4 is 5.32 Å². The molecule has 18 heavy (non-hydrogen) atoms. The van der Waals surface area contributed by atoms with Gasteiger partial charge in [-0.25, -0.2) is 4.98 Å². The van der Waals surface area contributed by atoms with E-state index in [1.54, 1.807) is 0 Å². The molecule has 0 radical (unpaired) electrons. The zero-order valence-corrected chi connectivity index (χ0v) is 11.0. The minimum Gasteiger partial charge on any atom is -0.368 e. The highest BCUT2D eigenvalue weighted by molar-refractivity contribution is 6.28. The second-order valence-corrected chi connectivity index (χ2v) is 4.27. The van der Waals surface area contributed by atoms with Gasteiger partial charge in [0.15, 0.2) is 11.5 Å². The summed E-state index contributed by atoms with van der Waals surface area (Å²) >= 11 is 5.83. The van der Waals surface area contributed by atoms with Crippen LogP contribution in [0.4, 0.5) is 5.82 Å². The molecule has 0 fully saturated rings. The number of hydrogen-bond acceptors (Lipinski definition) is 5. The van der Waals surface area contributed by atoms with Crippen molar-refractivity contribution in [2.45, 2.75) is 26.7 Å². The van der Waals surface area contributed by atoms with Crippen molar-refractivity contribution in [3.63, 3.8) is 0 Å². The maximum absolute atomic E-state index is 11.5. The second kappa shape index (κ2) is 5.30. The second-order valence-electron chi connectivity index (χ2n) is 3.93. The first kappa shape index (κ1) is 12.8. The summed E-state index contributed by atoms with van der Waals surface area (Å²) in [6, 6.07) is 0. The predicted molar refractivity (Wildman–Crippen MR) is 70.0 cm³/mol. The Bertz CT molecular complexity index is 580. The largest absolute Gasteiger partial charge is 0.368 e. The van der Waals surface area contributed by atoms with E-state index in [1.807, 2.05) is 0 Å². The maximum atomic E-state index is 11.5. The molecule has 0 saturated carbocycles. The third-order valence-corrected chi connectivity index (χ3v) is 2.71. The first-order valence-electron chi connectivity index (χ1n) is 5.79. The highest BCUT2D eigenvalue weighted by Crippen LogP contribution is 2.21. The molecule has 0 aromatic carbocycles. The Labute approximate surface area is 109 Å². The Morgan fingerprint density at radius 1 is 1.50 bits per heavy atom. The number of unbranched alkanes of at least 4 members (excludes halogenated alkanes) is 1. The SMILES string of the molecule is CCCCNc1nc(Cl)nc2ncn(C(C)=O)c12. The first-order chi connectivity index (χ1) is 8.63. The average Bonchev–Trinajstić information content (AvgIpc) is 2.72. The summed E-state index contributed by atoms with van der Waals surface area (Å²) in [7, 11) is 0. The third kappa shape index (κ3) is 2.43. The molecule has 0 amide bonds. The monoisotopic (exact) mass is 267 g/mol. The van der Waals surface area contributed by atoms with Gasteiger partial charge >= 0.3 is 0 Å². The van der Waals surface area contributed by atoms with E-state index in [0.717, 1.165) is 19.4 Å². The molecule has 0 saturated heterocycles. The van der Waals surface area contributed by atoms with E-state index in [4.69, 9.17) is 11.6 Å². The Morgan fingerprint density at radius 2 is 2.28 bits per heavy atom. The van der Waals surface area contributed by atoms with Crippen LogP contribution in [0.3, 0.4) is 0 Å². The number of carbonyl (C=O) groups excluding carboxylic acids is 1. The molecule has 6 nitrogen and oxygen atoms in total. The van der Waals surface area contributed by atoms with Gasteiger partial charge in [0.1, 0.15) is 11.8 Å². The molecule has 2 aromatic heterocycles. The van der Waals surface area contributed by atoms with Crippen LogP contribution in [0.15, 0.2) is 6.33 Å². The summed E-state index contributed by atoms with van der Waals surface area (Å²) in [4.78, 5) is 23.7. The van der Waals surface area contributed by atoms with Crippen LogP contribution in [0, 0.1) is 0 Å². The van der Waals surface area contributed by atoms with E-state index in [9.17, 15) is 4.79 Å². The number of rotatable bonds is 4. The maximum Gasteiger partial charge on any atom is 0.229 e. The van der Waals surface area contributed by atoms with Crippen molar-refractivity contribution in [1.82, 2.24) is 19.5 Å². The lowest BCUT2D eigenvalue weighted by atomic mass is 10.3. The molecule has 7 heteroatoms. The van der Waals surface area contributed by atoms with Gasteiger partial charge in [-0.05, 0) is 18.0 Å². The molecule has 0 aliphatic rings. The third-order valence-electron chi connectivity index (χ3n) is 2.54. The Kier molecular flexibility index (Phi) is 3.76. The molecular weight excluding hydrogens is 254 g/mol. The van der Waals surface area contributed by atoms with E-state index < -0.39 is 0 Å². The van der Waals surface area contributed by atoms with Gasteiger partial charge in [0.2, 0.25) is 11.2 Å². The molecule has 0 aliphatic carbocycles. The van der Waals surface area contributed by atoms with Crippen molar-refractivity contribution in [3.05, 3.63) is 11.6 Å². The molecule has 2 heterocycles.